The predicted molar refractivity (Wildman–Crippen MR) is 183 cm³/mol. The molecule has 5 aromatic rings. The summed E-state index contributed by atoms with van der Waals surface area (Å²) in [6, 6.07) is 15.0. The van der Waals surface area contributed by atoms with Gasteiger partial charge >= 0.3 is 0 Å². The van der Waals surface area contributed by atoms with E-state index in [1.54, 1.807) is 56.7 Å². The molecule has 0 N–H and O–H groups in total. The maximum absolute atomic E-state index is 3.46. The van der Waals surface area contributed by atoms with Crippen LogP contribution in [-0.2, 0) is 25.7 Å². The zero-order chi connectivity index (χ0) is 28.6. The standard InChI is InChI=1S/C36H28S5/c1-5-25-22-31(14-12-29-10-9-21-37-29)39-35(25)19-16-33-24-27(7-3)36(41-33)20-17-32-23-26(6-2)34(40-32)18-15-30-13-11-28(8-4)38-30/h9-11,13,21-24H,5-8H2,1-4H3. The van der Waals surface area contributed by atoms with Gasteiger partial charge in [0.2, 0.25) is 0 Å². The van der Waals surface area contributed by atoms with E-state index in [4.69, 9.17) is 0 Å². The van der Waals surface area contributed by atoms with E-state index in [-0.39, 0.29) is 0 Å². The molecule has 0 spiro atoms. The Morgan fingerprint density at radius 2 is 0.927 bits per heavy atom. The highest BCUT2D eigenvalue weighted by molar-refractivity contribution is 7.14. The van der Waals surface area contributed by atoms with Crippen LogP contribution in [0.4, 0.5) is 0 Å². The SMILES string of the molecule is CCc1ccc(C#Cc2sc(C#Cc3sc(C#Cc4sc(C#Cc5cccs5)cc4CC)cc3CC)cc2CC)s1. The molecule has 0 saturated carbocycles. The van der Waals surface area contributed by atoms with Gasteiger partial charge in [-0.3, -0.25) is 0 Å². The van der Waals surface area contributed by atoms with Crippen molar-refractivity contribution in [2.45, 2.75) is 53.4 Å². The Labute approximate surface area is 264 Å². The van der Waals surface area contributed by atoms with Crippen LogP contribution in [0.25, 0.3) is 0 Å². The minimum atomic E-state index is 0.936. The van der Waals surface area contributed by atoms with Crippen molar-refractivity contribution < 1.29 is 0 Å². The molecule has 0 amide bonds. The lowest BCUT2D eigenvalue weighted by Crippen LogP contribution is -1.79. The van der Waals surface area contributed by atoms with E-state index in [0.29, 0.717) is 0 Å². The van der Waals surface area contributed by atoms with E-state index in [1.165, 1.54) is 21.6 Å². The van der Waals surface area contributed by atoms with Crippen molar-refractivity contribution in [3.05, 3.63) is 108 Å². The minimum absolute atomic E-state index is 0.936. The van der Waals surface area contributed by atoms with Crippen LogP contribution in [0.3, 0.4) is 0 Å². The third kappa shape index (κ3) is 7.53. The topological polar surface area (TPSA) is 0 Å². The second-order valence-corrected chi connectivity index (χ2v) is 14.3. The van der Waals surface area contributed by atoms with E-state index >= 15 is 0 Å². The Morgan fingerprint density at radius 1 is 0.463 bits per heavy atom. The molecule has 0 aromatic carbocycles. The fourth-order valence-electron chi connectivity index (χ4n) is 4.04. The van der Waals surface area contributed by atoms with Gasteiger partial charge in [0.1, 0.15) is 0 Å². The molecule has 0 aliphatic rings. The molecule has 202 valence electrons. The molecule has 0 saturated heterocycles. The number of hydrogen-bond donors (Lipinski definition) is 0. The lowest BCUT2D eigenvalue weighted by Gasteiger charge is -1.89. The molecule has 41 heavy (non-hydrogen) atoms. The Balaban J connectivity index is 1.36. The molecule has 5 rings (SSSR count). The summed E-state index contributed by atoms with van der Waals surface area (Å²) in [5.41, 5.74) is 3.79. The van der Waals surface area contributed by atoms with Crippen LogP contribution in [0.1, 0.15) is 88.3 Å². The van der Waals surface area contributed by atoms with Crippen LogP contribution in [-0.4, -0.2) is 0 Å². The average Bonchev–Trinajstić information content (AvgIpc) is 3.82. The zero-order valence-corrected chi connectivity index (χ0v) is 27.6. The van der Waals surface area contributed by atoms with Gasteiger partial charge in [0, 0.05) is 4.88 Å². The lowest BCUT2D eigenvalue weighted by molar-refractivity contribution is 1.15. The van der Waals surface area contributed by atoms with E-state index in [0.717, 1.165) is 64.7 Å². The molecule has 0 fully saturated rings. The number of thiophene rings is 5. The molecule has 0 aliphatic carbocycles. The normalized spacial score (nSPS) is 10.0. The van der Waals surface area contributed by atoms with Gasteiger partial charge in [-0.2, -0.15) is 0 Å². The second kappa shape index (κ2) is 14.1. The Kier molecular flexibility index (Phi) is 10.0. The van der Waals surface area contributed by atoms with E-state index in [1.807, 2.05) is 6.07 Å². The summed E-state index contributed by atoms with van der Waals surface area (Å²) in [7, 11) is 0. The van der Waals surface area contributed by atoms with Gasteiger partial charge in [0.05, 0.1) is 39.0 Å². The van der Waals surface area contributed by atoms with Crippen molar-refractivity contribution in [2.24, 2.45) is 0 Å². The Morgan fingerprint density at radius 3 is 1.34 bits per heavy atom. The highest BCUT2D eigenvalue weighted by Crippen LogP contribution is 2.26. The van der Waals surface area contributed by atoms with Crippen LogP contribution < -0.4 is 0 Å². The van der Waals surface area contributed by atoms with Crippen LogP contribution >= 0.6 is 56.7 Å². The zero-order valence-electron chi connectivity index (χ0n) is 23.5. The Hall–Kier alpha value is -3.26. The molecule has 5 aromatic heterocycles. The van der Waals surface area contributed by atoms with Gasteiger partial charge in [-0.15, -0.1) is 56.7 Å². The fourth-order valence-corrected chi connectivity index (χ4v) is 8.29. The first-order valence-corrected chi connectivity index (χ1v) is 17.8. The first kappa shape index (κ1) is 29.2. The first-order chi connectivity index (χ1) is 20.1. The smallest absolute Gasteiger partial charge is 0.0817 e. The summed E-state index contributed by atoms with van der Waals surface area (Å²) in [4.78, 5) is 10.1. The molecule has 0 nitrogen and oxygen atoms in total. The largest absolute Gasteiger partial charge is 0.135 e. The van der Waals surface area contributed by atoms with Crippen LogP contribution in [0, 0.1) is 47.4 Å². The highest BCUT2D eigenvalue weighted by atomic mass is 32.1. The van der Waals surface area contributed by atoms with Crippen molar-refractivity contribution >= 4 is 56.7 Å². The van der Waals surface area contributed by atoms with Gasteiger partial charge in [-0.1, -0.05) is 33.8 Å². The molecule has 0 atom stereocenters. The van der Waals surface area contributed by atoms with E-state index < -0.39 is 0 Å². The van der Waals surface area contributed by atoms with Crippen molar-refractivity contribution in [3.8, 4) is 47.4 Å². The summed E-state index contributed by atoms with van der Waals surface area (Å²) < 4.78 is 0. The molecular formula is C36H28S5. The van der Waals surface area contributed by atoms with Gasteiger partial charge in [-0.25, -0.2) is 0 Å². The van der Waals surface area contributed by atoms with Crippen molar-refractivity contribution in [1.29, 1.82) is 0 Å². The summed E-state index contributed by atoms with van der Waals surface area (Å²) in [6.07, 6.45) is 3.89. The summed E-state index contributed by atoms with van der Waals surface area (Å²) >= 11 is 8.52. The van der Waals surface area contributed by atoms with Gasteiger partial charge in [0.25, 0.3) is 0 Å². The maximum Gasteiger partial charge on any atom is 0.0817 e. The molecular weight excluding hydrogens is 593 g/mol. The first-order valence-electron chi connectivity index (χ1n) is 13.7. The van der Waals surface area contributed by atoms with E-state index in [9.17, 15) is 0 Å². The van der Waals surface area contributed by atoms with Crippen molar-refractivity contribution in [2.75, 3.05) is 0 Å². The van der Waals surface area contributed by atoms with Crippen LogP contribution in [0.2, 0.25) is 0 Å². The fraction of sp³-hybridized carbons (Fsp3) is 0.222. The average molecular weight is 621 g/mol. The van der Waals surface area contributed by atoms with Gasteiger partial charge in [0.15, 0.2) is 0 Å². The second-order valence-electron chi connectivity index (χ2n) is 9.05. The maximum atomic E-state index is 3.46. The van der Waals surface area contributed by atoms with Gasteiger partial charge in [-0.05, 0) is 132 Å². The van der Waals surface area contributed by atoms with Gasteiger partial charge < -0.3 is 0 Å². The van der Waals surface area contributed by atoms with Crippen LogP contribution in [0.5, 0.6) is 0 Å². The Bertz CT molecular complexity index is 1900. The molecule has 5 heterocycles. The van der Waals surface area contributed by atoms with E-state index in [2.05, 4.69) is 117 Å². The van der Waals surface area contributed by atoms with Crippen LogP contribution in [0.15, 0.2) is 47.8 Å². The number of hydrogen-bond acceptors (Lipinski definition) is 5. The summed E-state index contributed by atoms with van der Waals surface area (Å²) in [6.45, 7) is 8.72. The molecule has 5 heteroatoms. The van der Waals surface area contributed by atoms with Crippen molar-refractivity contribution in [1.82, 2.24) is 0 Å². The third-order valence-electron chi connectivity index (χ3n) is 6.31. The quantitative estimate of drug-likeness (QED) is 0.176. The summed E-state index contributed by atoms with van der Waals surface area (Å²) in [5.74, 6) is 27.1. The molecule has 0 bridgehead atoms. The number of rotatable bonds is 4. The molecule has 0 radical (unpaired) electrons. The minimum Gasteiger partial charge on any atom is -0.135 e. The third-order valence-corrected chi connectivity index (χ3v) is 11.3. The van der Waals surface area contributed by atoms with Crippen molar-refractivity contribution in [3.63, 3.8) is 0 Å². The molecule has 0 unspecified atom stereocenters. The number of aryl methyl sites for hydroxylation is 4. The highest BCUT2D eigenvalue weighted by Gasteiger charge is 2.08. The predicted octanol–water partition coefficient (Wildman–Crippen LogP) is 9.84. The molecule has 0 aliphatic heterocycles. The monoisotopic (exact) mass is 620 g/mol. The lowest BCUT2D eigenvalue weighted by atomic mass is 10.1. The summed E-state index contributed by atoms with van der Waals surface area (Å²) in [5, 5.41) is 2.06.